The fourth-order valence-corrected chi connectivity index (χ4v) is 4.10. The van der Waals surface area contributed by atoms with E-state index in [2.05, 4.69) is 0 Å². The van der Waals surface area contributed by atoms with Crippen LogP contribution in [0.25, 0.3) is 0 Å². The molecule has 0 unspecified atom stereocenters. The zero-order valence-electron chi connectivity index (χ0n) is 14.5. The molecule has 3 rings (SSSR count). The number of hydrogen-bond donors (Lipinski definition) is 2. The van der Waals surface area contributed by atoms with Gasteiger partial charge in [0.2, 0.25) is 0 Å². The van der Waals surface area contributed by atoms with Crippen molar-refractivity contribution in [3.05, 3.63) is 60.2 Å². The standard InChI is InChI=1S/C19H22BNO4S/c22-19(25-14-15-5-2-1-3-6-15)21-11-9-17(10-12-21)26-18-8-4-7-16(13-18)20(23)24/h1-8,13,17,23-24H,9-12,14H2. The van der Waals surface area contributed by atoms with Gasteiger partial charge in [-0.3, -0.25) is 0 Å². The molecule has 1 saturated heterocycles. The van der Waals surface area contributed by atoms with Crippen molar-refractivity contribution in [2.45, 2.75) is 29.6 Å². The second-order valence-electron chi connectivity index (χ2n) is 6.29. The van der Waals surface area contributed by atoms with E-state index in [1.165, 1.54) is 0 Å². The average molecular weight is 371 g/mol. The van der Waals surface area contributed by atoms with Crippen LogP contribution in [0, 0.1) is 0 Å². The van der Waals surface area contributed by atoms with Crippen LogP contribution in [0.5, 0.6) is 0 Å². The normalized spacial score (nSPS) is 14.9. The van der Waals surface area contributed by atoms with E-state index in [4.69, 9.17) is 4.74 Å². The molecule has 2 N–H and O–H groups in total. The van der Waals surface area contributed by atoms with Crippen LogP contribution in [-0.4, -0.2) is 46.5 Å². The Hall–Kier alpha value is -1.96. The molecule has 26 heavy (non-hydrogen) atoms. The first kappa shape index (κ1) is 18.8. The first-order valence-electron chi connectivity index (χ1n) is 8.70. The van der Waals surface area contributed by atoms with Crippen LogP contribution in [0.2, 0.25) is 0 Å². The van der Waals surface area contributed by atoms with Crippen LogP contribution in [0.15, 0.2) is 59.5 Å². The minimum absolute atomic E-state index is 0.261. The number of likely N-dealkylation sites (tertiary alicyclic amines) is 1. The molecule has 1 amide bonds. The fourth-order valence-electron chi connectivity index (χ4n) is 2.91. The summed E-state index contributed by atoms with van der Waals surface area (Å²) >= 11 is 1.72. The number of rotatable bonds is 5. The van der Waals surface area contributed by atoms with Crippen molar-refractivity contribution in [3.63, 3.8) is 0 Å². The van der Waals surface area contributed by atoms with Gasteiger partial charge in [0.1, 0.15) is 6.61 Å². The Kier molecular flexibility index (Phi) is 6.60. The van der Waals surface area contributed by atoms with Gasteiger partial charge in [0.25, 0.3) is 0 Å². The molecule has 0 saturated carbocycles. The zero-order valence-corrected chi connectivity index (χ0v) is 15.3. The molecule has 7 heteroatoms. The maximum atomic E-state index is 12.2. The predicted molar refractivity (Wildman–Crippen MR) is 103 cm³/mol. The molecule has 0 spiro atoms. The first-order chi connectivity index (χ1) is 12.6. The zero-order chi connectivity index (χ0) is 18.4. The number of ether oxygens (including phenoxy) is 1. The topological polar surface area (TPSA) is 70.0 Å². The molecule has 136 valence electrons. The lowest BCUT2D eigenvalue weighted by Gasteiger charge is -2.31. The van der Waals surface area contributed by atoms with Crippen molar-refractivity contribution in [2.75, 3.05) is 13.1 Å². The largest absolute Gasteiger partial charge is 0.488 e. The smallest absolute Gasteiger partial charge is 0.445 e. The van der Waals surface area contributed by atoms with Crippen molar-refractivity contribution in [2.24, 2.45) is 0 Å². The summed E-state index contributed by atoms with van der Waals surface area (Å²) in [6.45, 7) is 1.64. The Morgan fingerprint density at radius 3 is 2.54 bits per heavy atom. The third kappa shape index (κ3) is 5.27. The number of thioether (sulfide) groups is 1. The van der Waals surface area contributed by atoms with E-state index in [9.17, 15) is 14.8 Å². The van der Waals surface area contributed by atoms with Gasteiger partial charge in [0, 0.05) is 23.2 Å². The van der Waals surface area contributed by atoms with Crippen LogP contribution in [0.3, 0.4) is 0 Å². The maximum Gasteiger partial charge on any atom is 0.488 e. The van der Waals surface area contributed by atoms with E-state index >= 15 is 0 Å². The second kappa shape index (κ2) is 9.12. The minimum atomic E-state index is -1.45. The molecule has 2 aromatic rings. The number of carbonyl (C=O) groups excluding carboxylic acids is 1. The van der Waals surface area contributed by atoms with Crippen LogP contribution in [0.1, 0.15) is 18.4 Å². The van der Waals surface area contributed by atoms with Crippen molar-refractivity contribution in [1.82, 2.24) is 4.90 Å². The van der Waals surface area contributed by atoms with E-state index in [0.717, 1.165) is 23.3 Å². The van der Waals surface area contributed by atoms with E-state index in [0.29, 0.717) is 30.4 Å². The van der Waals surface area contributed by atoms with Crippen molar-refractivity contribution < 1.29 is 19.6 Å². The average Bonchev–Trinajstić information content (AvgIpc) is 2.68. The number of carbonyl (C=O) groups is 1. The molecule has 0 aromatic heterocycles. The summed E-state index contributed by atoms with van der Waals surface area (Å²) in [5.41, 5.74) is 1.48. The summed E-state index contributed by atoms with van der Waals surface area (Å²) in [4.78, 5) is 15.0. The van der Waals surface area contributed by atoms with E-state index in [1.54, 1.807) is 28.8 Å². The third-order valence-corrected chi connectivity index (χ3v) is 5.70. The number of nitrogens with zero attached hydrogens (tertiary/aromatic N) is 1. The summed E-state index contributed by atoms with van der Waals surface area (Å²) < 4.78 is 5.39. The predicted octanol–water partition coefficient (Wildman–Crippen LogP) is 2.26. The van der Waals surface area contributed by atoms with Gasteiger partial charge in [-0.2, -0.15) is 0 Å². The summed E-state index contributed by atoms with van der Waals surface area (Å²) in [5.74, 6) is 0. The molecule has 0 aliphatic carbocycles. The lowest BCUT2D eigenvalue weighted by atomic mass is 9.80. The molecule has 1 aliphatic rings. The molecule has 1 fully saturated rings. The Morgan fingerprint density at radius 2 is 1.85 bits per heavy atom. The molecule has 5 nitrogen and oxygen atoms in total. The van der Waals surface area contributed by atoms with Crippen molar-refractivity contribution >= 4 is 30.4 Å². The van der Waals surface area contributed by atoms with Crippen LogP contribution >= 0.6 is 11.8 Å². The second-order valence-corrected chi connectivity index (χ2v) is 7.66. The number of hydrogen-bond acceptors (Lipinski definition) is 5. The van der Waals surface area contributed by atoms with Crippen LogP contribution < -0.4 is 5.46 Å². The van der Waals surface area contributed by atoms with E-state index < -0.39 is 7.12 Å². The summed E-state index contributed by atoms with van der Waals surface area (Å²) in [5, 5.41) is 18.9. The number of piperidine rings is 1. The molecule has 0 atom stereocenters. The van der Waals surface area contributed by atoms with Gasteiger partial charge >= 0.3 is 13.2 Å². The Labute approximate surface area is 158 Å². The highest BCUT2D eigenvalue weighted by molar-refractivity contribution is 8.00. The van der Waals surface area contributed by atoms with E-state index in [-0.39, 0.29) is 6.09 Å². The highest BCUT2D eigenvalue weighted by Crippen LogP contribution is 2.30. The van der Waals surface area contributed by atoms with Gasteiger partial charge in [0.15, 0.2) is 0 Å². The number of benzene rings is 2. The summed E-state index contributed by atoms with van der Waals surface area (Å²) in [6, 6.07) is 17.0. The van der Waals surface area contributed by atoms with Gasteiger partial charge in [-0.1, -0.05) is 42.5 Å². The van der Waals surface area contributed by atoms with E-state index in [1.807, 2.05) is 42.5 Å². The third-order valence-electron chi connectivity index (χ3n) is 4.36. The SMILES string of the molecule is O=C(OCc1ccccc1)N1CCC(Sc2cccc(B(O)O)c2)CC1. The van der Waals surface area contributed by atoms with Crippen LogP contribution in [-0.2, 0) is 11.3 Å². The molecular formula is C19H22BNO4S. The molecule has 1 heterocycles. The fraction of sp³-hybridized carbons (Fsp3) is 0.316. The molecule has 0 radical (unpaired) electrons. The molecule has 2 aromatic carbocycles. The molecule has 0 bridgehead atoms. The molecule has 1 aliphatic heterocycles. The summed E-state index contributed by atoms with van der Waals surface area (Å²) in [6.07, 6.45) is 1.51. The highest BCUT2D eigenvalue weighted by Gasteiger charge is 2.24. The molecular weight excluding hydrogens is 349 g/mol. The Morgan fingerprint density at radius 1 is 1.12 bits per heavy atom. The lowest BCUT2D eigenvalue weighted by Crippen LogP contribution is -2.39. The lowest BCUT2D eigenvalue weighted by molar-refractivity contribution is 0.0901. The van der Waals surface area contributed by atoms with Gasteiger partial charge < -0.3 is 19.7 Å². The Balaban J connectivity index is 1.45. The van der Waals surface area contributed by atoms with Crippen molar-refractivity contribution in [1.29, 1.82) is 0 Å². The van der Waals surface area contributed by atoms with Gasteiger partial charge in [0.05, 0.1) is 0 Å². The Bertz CT molecular complexity index is 720. The minimum Gasteiger partial charge on any atom is -0.445 e. The number of amides is 1. The van der Waals surface area contributed by atoms with Gasteiger partial charge in [-0.05, 0) is 36.0 Å². The highest BCUT2D eigenvalue weighted by atomic mass is 32.2. The first-order valence-corrected chi connectivity index (χ1v) is 9.58. The quantitative estimate of drug-likeness (QED) is 0.790. The van der Waals surface area contributed by atoms with Crippen molar-refractivity contribution in [3.8, 4) is 0 Å². The summed E-state index contributed by atoms with van der Waals surface area (Å²) in [7, 11) is -1.45. The van der Waals surface area contributed by atoms with Crippen LogP contribution in [0.4, 0.5) is 4.79 Å². The van der Waals surface area contributed by atoms with Gasteiger partial charge in [-0.25, -0.2) is 4.79 Å². The maximum absolute atomic E-state index is 12.2. The monoisotopic (exact) mass is 371 g/mol. The van der Waals surface area contributed by atoms with Gasteiger partial charge in [-0.15, -0.1) is 11.8 Å².